The summed E-state index contributed by atoms with van der Waals surface area (Å²) in [5, 5.41) is 3.60. The summed E-state index contributed by atoms with van der Waals surface area (Å²) in [6.07, 6.45) is 8.88. The average molecular weight is 322 g/mol. The van der Waals surface area contributed by atoms with Crippen LogP contribution in [0.25, 0.3) is 10.3 Å². The molecule has 1 saturated heterocycles. The number of anilines is 1. The van der Waals surface area contributed by atoms with Gasteiger partial charge in [-0.3, -0.25) is 0 Å². The van der Waals surface area contributed by atoms with Gasteiger partial charge in [-0.15, -0.1) is 11.3 Å². The first-order valence-electron chi connectivity index (χ1n) is 7.37. The highest BCUT2D eigenvalue weighted by molar-refractivity contribution is 8.00. The number of nitrogens with zero attached hydrogens (tertiary/aromatic N) is 3. The van der Waals surface area contributed by atoms with Crippen LogP contribution < -0.4 is 5.32 Å². The van der Waals surface area contributed by atoms with Crippen LogP contribution in [0.3, 0.4) is 0 Å². The molecule has 2 atom stereocenters. The van der Waals surface area contributed by atoms with Crippen LogP contribution in [0.15, 0.2) is 10.7 Å². The van der Waals surface area contributed by atoms with Crippen LogP contribution in [0.1, 0.15) is 25.7 Å². The third kappa shape index (κ3) is 2.86. The van der Waals surface area contributed by atoms with E-state index in [1.165, 1.54) is 12.8 Å². The molecular formula is C14H18N4OS2. The number of hydrogen-bond acceptors (Lipinski definition) is 7. The summed E-state index contributed by atoms with van der Waals surface area (Å²) in [5.74, 6) is 1.73. The fourth-order valence-electron chi connectivity index (χ4n) is 2.87. The molecule has 4 rings (SSSR count). The summed E-state index contributed by atoms with van der Waals surface area (Å²) >= 11 is 3.32. The number of thioether (sulfide) groups is 1. The molecule has 3 heterocycles. The van der Waals surface area contributed by atoms with E-state index in [1.54, 1.807) is 29.4 Å². The van der Waals surface area contributed by atoms with E-state index in [0.29, 0.717) is 12.1 Å². The summed E-state index contributed by atoms with van der Waals surface area (Å²) < 4.78 is 8.00. The molecule has 5 nitrogen and oxygen atoms in total. The molecular weight excluding hydrogens is 304 g/mol. The van der Waals surface area contributed by atoms with E-state index in [4.69, 9.17) is 4.74 Å². The van der Waals surface area contributed by atoms with Gasteiger partial charge in [0.25, 0.3) is 0 Å². The van der Waals surface area contributed by atoms with Gasteiger partial charge in [0.1, 0.15) is 16.8 Å². The zero-order valence-electron chi connectivity index (χ0n) is 11.9. The molecule has 2 aromatic rings. The largest absolute Gasteiger partial charge is 0.378 e. The monoisotopic (exact) mass is 322 g/mol. The molecule has 2 aliphatic rings. The Balaban J connectivity index is 1.54. The van der Waals surface area contributed by atoms with Gasteiger partial charge >= 0.3 is 0 Å². The van der Waals surface area contributed by atoms with Crippen molar-refractivity contribution in [3.05, 3.63) is 6.33 Å². The first-order chi connectivity index (χ1) is 10.3. The third-order valence-electron chi connectivity index (χ3n) is 4.15. The normalized spacial score (nSPS) is 26.1. The van der Waals surface area contributed by atoms with Gasteiger partial charge in [0.2, 0.25) is 0 Å². The minimum atomic E-state index is 0.441. The maximum Gasteiger partial charge on any atom is 0.176 e. The van der Waals surface area contributed by atoms with Crippen LogP contribution in [0, 0.1) is 5.92 Å². The second kappa shape index (κ2) is 5.70. The van der Waals surface area contributed by atoms with Gasteiger partial charge in [-0.1, -0.05) is 11.8 Å². The molecule has 21 heavy (non-hydrogen) atoms. The topological polar surface area (TPSA) is 59.9 Å². The van der Waals surface area contributed by atoms with Crippen molar-refractivity contribution in [1.29, 1.82) is 0 Å². The van der Waals surface area contributed by atoms with Crippen molar-refractivity contribution in [3.8, 4) is 0 Å². The lowest BCUT2D eigenvalue weighted by atomic mass is 10.00. The number of hydrogen-bond donors (Lipinski definition) is 1. The quantitative estimate of drug-likeness (QED) is 0.873. The molecule has 2 unspecified atom stereocenters. The van der Waals surface area contributed by atoms with Gasteiger partial charge in [0, 0.05) is 12.6 Å². The zero-order valence-corrected chi connectivity index (χ0v) is 13.5. The summed E-state index contributed by atoms with van der Waals surface area (Å²) in [6, 6.07) is 0.447. The predicted octanol–water partition coefficient (Wildman–Crippen LogP) is 3.18. The van der Waals surface area contributed by atoms with E-state index in [0.717, 1.165) is 45.9 Å². The van der Waals surface area contributed by atoms with Crippen molar-refractivity contribution >= 4 is 39.3 Å². The van der Waals surface area contributed by atoms with E-state index in [1.807, 2.05) is 6.26 Å². The number of ether oxygens (including phenoxy) is 1. The van der Waals surface area contributed by atoms with E-state index in [-0.39, 0.29) is 0 Å². The highest BCUT2D eigenvalue weighted by Gasteiger charge is 2.36. The van der Waals surface area contributed by atoms with Crippen LogP contribution in [-0.4, -0.2) is 40.0 Å². The fraction of sp³-hybridized carbons (Fsp3) is 0.643. The smallest absolute Gasteiger partial charge is 0.176 e. The first kappa shape index (κ1) is 13.7. The number of thiazole rings is 1. The minimum Gasteiger partial charge on any atom is -0.378 e. The van der Waals surface area contributed by atoms with E-state index >= 15 is 0 Å². The van der Waals surface area contributed by atoms with Crippen molar-refractivity contribution in [1.82, 2.24) is 15.0 Å². The average Bonchev–Trinajstić information content (AvgIpc) is 3.27. The Bertz CT molecular complexity index is 643. The van der Waals surface area contributed by atoms with Crippen LogP contribution >= 0.6 is 23.1 Å². The number of aromatic nitrogens is 3. The van der Waals surface area contributed by atoms with Gasteiger partial charge < -0.3 is 10.1 Å². The summed E-state index contributed by atoms with van der Waals surface area (Å²) in [6.45, 7) is 0.853. The Labute approximate surface area is 131 Å². The van der Waals surface area contributed by atoms with Crippen molar-refractivity contribution < 1.29 is 4.74 Å². The maximum atomic E-state index is 5.89. The van der Waals surface area contributed by atoms with Crippen LogP contribution in [0.4, 0.5) is 5.82 Å². The molecule has 0 bridgehead atoms. The van der Waals surface area contributed by atoms with Crippen LogP contribution in [0.2, 0.25) is 0 Å². The molecule has 0 spiro atoms. The molecule has 7 heteroatoms. The fourth-order valence-corrected chi connectivity index (χ4v) is 4.34. The third-order valence-corrected chi connectivity index (χ3v) is 6.19. The molecule has 0 radical (unpaired) electrons. The highest BCUT2D eigenvalue weighted by Crippen LogP contribution is 2.39. The number of rotatable bonds is 4. The lowest BCUT2D eigenvalue weighted by Gasteiger charge is -2.30. The Morgan fingerprint density at radius 2 is 2.24 bits per heavy atom. The summed E-state index contributed by atoms with van der Waals surface area (Å²) in [7, 11) is 0. The second-order valence-electron chi connectivity index (χ2n) is 5.67. The van der Waals surface area contributed by atoms with E-state index < -0.39 is 0 Å². The zero-order chi connectivity index (χ0) is 14.2. The van der Waals surface area contributed by atoms with Crippen molar-refractivity contribution in [2.24, 2.45) is 5.92 Å². The maximum absolute atomic E-state index is 5.89. The predicted molar refractivity (Wildman–Crippen MR) is 86.1 cm³/mol. The highest BCUT2D eigenvalue weighted by atomic mass is 32.2. The molecule has 112 valence electrons. The van der Waals surface area contributed by atoms with Crippen molar-refractivity contribution in [2.45, 2.75) is 42.2 Å². The first-order valence-corrected chi connectivity index (χ1v) is 9.41. The van der Waals surface area contributed by atoms with Crippen LogP contribution in [-0.2, 0) is 4.74 Å². The Kier molecular flexibility index (Phi) is 3.72. The minimum absolute atomic E-state index is 0.441. The number of nitrogens with one attached hydrogen (secondary N) is 1. The Morgan fingerprint density at radius 1 is 1.33 bits per heavy atom. The van der Waals surface area contributed by atoms with E-state index in [2.05, 4.69) is 20.3 Å². The standard InChI is InChI=1S/C14H18N4OS2/c1-20-14-18-13-11(21-14)12(15-7-16-13)17-9-4-5-19-10(6-9)8-2-3-8/h7-10H,2-6H2,1H3,(H,15,16,17). The van der Waals surface area contributed by atoms with Crippen molar-refractivity contribution in [2.75, 3.05) is 18.2 Å². The second-order valence-corrected chi connectivity index (χ2v) is 7.72. The molecule has 1 aliphatic heterocycles. The lowest BCUT2D eigenvalue weighted by molar-refractivity contribution is -0.00221. The molecule has 2 aromatic heterocycles. The Morgan fingerprint density at radius 3 is 3.05 bits per heavy atom. The van der Waals surface area contributed by atoms with Gasteiger partial charge in [-0.05, 0) is 37.9 Å². The van der Waals surface area contributed by atoms with Gasteiger partial charge in [-0.2, -0.15) is 0 Å². The van der Waals surface area contributed by atoms with E-state index in [9.17, 15) is 0 Å². The molecule has 1 saturated carbocycles. The SMILES string of the molecule is CSc1nc2ncnc(NC3CCOC(C4CC4)C3)c2s1. The van der Waals surface area contributed by atoms with Gasteiger partial charge in [0.15, 0.2) is 9.99 Å². The van der Waals surface area contributed by atoms with Gasteiger partial charge in [-0.25, -0.2) is 15.0 Å². The Hall–Kier alpha value is -0.920. The number of fused-ring (bicyclic) bond motifs is 1. The molecule has 1 N–H and O–H groups in total. The van der Waals surface area contributed by atoms with Gasteiger partial charge in [0.05, 0.1) is 6.10 Å². The molecule has 0 amide bonds. The molecule has 0 aromatic carbocycles. The van der Waals surface area contributed by atoms with Crippen molar-refractivity contribution in [3.63, 3.8) is 0 Å². The molecule has 1 aliphatic carbocycles. The summed E-state index contributed by atoms with van der Waals surface area (Å²) in [4.78, 5) is 13.2. The lowest BCUT2D eigenvalue weighted by Crippen LogP contribution is -2.35. The van der Waals surface area contributed by atoms with Crippen LogP contribution in [0.5, 0.6) is 0 Å². The molecule has 2 fully saturated rings. The summed E-state index contributed by atoms with van der Waals surface area (Å²) in [5.41, 5.74) is 0.799.